The van der Waals surface area contributed by atoms with Crippen LogP contribution in [0, 0.1) is 5.92 Å². The predicted octanol–water partition coefficient (Wildman–Crippen LogP) is 4.76. The van der Waals surface area contributed by atoms with Gasteiger partial charge in [0.05, 0.1) is 0 Å². The lowest BCUT2D eigenvalue weighted by atomic mass is 9.89. The van der Waals surface area contributed by atoms with Gasteiger partial charge >= 0.3 is 0 Å². The second-order valence-electron chi connectivity index (χ2n) is 6.25. The molecule has 0 unspecified atom stereocenters. The van der Waals surface area contributed by atoms with E-state index in [1.165, 1.54) is 6.42 Å². The zero-order valence-corrected chi connectivity index (χ0v) is 15.9. The third kappa shape index (κ3) is 4.55. The van der Waals surface area contributed by atoms with Crippen LogP contribution in [-0.4, -0.2) is 20.7 Å². The molecule has 0 atom stereocenters. The first-order valence-corrected chi connectivity index (χ1v) is 10.2. The van der Waals surface area contributed by atoms with Crippen LogP contribution in [0.4, 0.5) is 5.95 Å². The minimum absolute atomic E-state index is 0.0736. The molecule has 0 spiro atoms. The van der Waals surface area contributed by atoms with E-state index in [9.17, 15) is 4.79 Å². The number of rotatable bonds is 6. The Morgan fingerprint density at radius 1 is 1.28 bits per heavy atom. The normalized spacial score (nSPS) is 15.3. The monoisotopic (exact) mass is 378 g/mol. The Morgan fingerprint density at radius 3 is 2.76 bits per heavy atom. The van der Waals surface area contributed by atoms with Crippen molar-refractivity contribution in [2.24, 2.45) is 5.92 Å². The first kappa shape index (κ1) is 18.3. The summed E-state index contributed by atoms with van der Waals surface area (Å²) >= 11 is 7.79. The van der Waals surface area contributed by atoms with Gasteiger partial charge in [-0.25, -0.2) is 0 Å². The number of nitrogens with one attached hydrogen (secondary N) is 1. The van der Waals surface area contributed by atoms with Crippen LogP contribution in [0.15, 0.2) is 29.4 Å². The topological polar surface area (TPSA) is 59.8 Å². The lowest BCUT2D eigenvalue weighted by Gasteiger charge is -2.20. The van der Waals surface area contributed by atoms with Crippen LogP contribution < -0.4 is 5.32 Å². The maximum absolute atomic E-state index is 12.5. The van der Waals surface area contributed by atoms with Gasteiger partial charge in [0, 0.05) is 23.2 Å². The molecular weight excluding hydrogens is 356 g/mol. The fourth-order valence-electron chi connectivity index (χ4n) is 3.11. The van der Waals surface area contributed by atoms with E-state index in [1.807, 2.05) is 35.8 Å². The van der Waals surface area contributed by atoms with E-state index in [4.69, 9.17) is 11.6 Å². The molecule has 1 amide bonds. The van der Waals surface area contributed by atoms with Crippen LogP contribution in [0.1, 0.15) is 44.6 Å². The number of hydrogen-bond donors (Lipinski definition) is 1. The van der Waals surface area contributed by atoms with Crippen LogP contribution in [-0.2, 0) is 17.1 Å². The van der Waals surface area contributed by atoms with E-state index in [2.05, 4.69) is 15.5 Å². The smallest absolute Gasteiger partial charge is 0.231 e. The van der Waals surface area contributed by atoms with Crippen LogP contribution in [0.5, 0.6) is 0 Å². The number of aromatic nitrogens is 3. The van der Waals surface area contributed by atoms with Gasteiger partial charge < -0.3 is 0 Å². The number of hydrogen-bond acceptors (Lipinski definition) is 4. The van der Waals surface area contributed by atoms with E-state index >= 15 is 0 Å². The summed E-state index contributed by atoms with van der Waals surface area (Å²) in [5.41, 5.74) is 1.06. The van der Waals surface area contributed by atoms with Crippen LogP contribution >= 0.6 is 23.4 Å². The van der Waals surface area contributed by atoms with Gasteiger partial charge in [0.25, 0.3) is 0 Å². The summed E-state index contributed by atoms with van der Waals surface area (Å²) in [5, 5.41) is 12.9. The fraction of sp³-hybridized carbons (Fsp3) is 0.500. The van der Waals surface area contributed by atoms with Crippen molar-refractivity contribution in [3.8, 4) is 0 Å². The third-order valence-electron chi connectivity index (χ3n) is 4.56. The Hall–Kier alpha value is -1.53. The summed E-state index contributed by atoms with van der Waals surface area (Å²) in [6, 6.07) is 7.79. The van der Waals surface area contributed by atoms with Gasteiger partial charge in [0.1, 0.15) is 0 Å². The van der Waals surface area contributed by atoms with Crippen molar-refractivity contribution in [1.29, 1.82) is 0 Å². The molecule has 1 aliphatic carbocycles. The van der Waals surface area contributed by atoms with E-state index < -0.39 is 0 Å². The lowest BCUT2D eigenvalue weighted by Crippen LogP contribution is -2.26. The van der Waals surface area contributed by atoms with Crippen molar-refractivity contribution in [2.75, 3.05) is 5.32 Å². The van der Waals surface area contributed by atoms with Gasteiger partial charge in [0.2, 0.25) is 11.9 Å². The first-order chi connectivity index (χ1) is 12.2. The molecule has 1 fully saturated rings. The third-order valence-corrected chi connectivity index (χ3v) is 5.94. The van der Waals surface area contributed by atoms with E-state index in [0.29, 0.717) is 18.2 Å². The second kappa shape index (κ2) is 8.72. The van der Waals surface area contributed by atoms with E-state index in [1.54, 1.807) is 11.8 Å². The van der Waals surface area contributed by atoms with Crippen molar-refractivity contribution in [3.05, 3.63) is 34.9 Å². The summed E-state index contributed by atoms with van der Waals surface area (Å²) in [5.74, 6) is 1.44. The van der Waals surface area contributed by atoms with E-state index in [-0.39, 0.29) is 11.8 Å². The molecule has 5 nitrogen and oxygen atoms in total. The number of carbonyl (C=O) groups excluding carboxylic acids is 1. The zero-order chi connectivity index (χ0) is 17.6. The standard InChI is InChI=1S/C18H23ClN4OS/c1-2-23-17(20-16(24)13-8-4-3-5-9-13)21-22-18(23)25-12-14-10-6-7-11-15(14)19/h6-7,10-11,13H,2-5,8-9,12H2,1H3,(H,20,21,24). The molecule has 0 bridgehead atoms. The summed E-state index contributed by atoms with van der Waals surface area (Å²) in [6.45, 7) is 2.73. The number of nitrogens with zero attached hydrogens (tertiary/aromatic N) is 3. The second-order valence-corrected chi connectivity index (χ2v) is 7.60. The van der Waals surface area contributed by atoms with Crippen molar-refractivity contribution < 1.29 is 4.79 Å². The predicted molar refractivity (Wildman–Crippen MR) is 102 cm³/mol. The molecule has 1 heterocycles. The number of anilines is 1. The molecule has 134 valence electrons. The Kier molecular flexibility index (Phi) is 6.37. The Morgan fingerprint density at radius 2 is 2.04 bits per heavy atom. The van der Waals surface area contributed by atoms with Crippen molar-refractivity contribution >= 4 is 35.2 Å². The van der Waals surface area contributed by atoms with Crippen LogP contribution in [0.25, 0.3) is 0 Å². The molecule has 1 saturated carbocycles. The Labute approximate surface area is 157 Å². The van der Waals surface area contributed by atoms with E-state index in [0.717, 1.165) is 41.4 Å². The SMILES string of the molecule is CCn1c(NC(=O)C2CCCCC2)nnc1SCc1ccccc1Cl. The number of carbonyl (C=O) groups is 1. The molecule has 1 aromatic carbocycles. The average molecular weight is 379 g/mol. The molecule has 1 aromatic heterocycles. The number of thioether (sulfide) groups is 1. The van der Waals surface area contributed by atoms with Gasteiger partial charge in [0.15, 0.2) is 5.16 Å². The van der Waals surface area contributed by atoms with Crippen molar-refractivity contribution in [2.45, 2.75) is 56.5 Å². The largest absolute Gasteiger partial charge is 0.294 e. The lowest BCUT2D eigenvalue weighted by molar-refractivity contribution is -0.120. The van der Waals surface area contributed by atoms with Gasteiger partial charge in [-0.1, -0.05) is 60.8 Å². The highest BCUT2D eigenvalue weighted by Crippen LogP contribution is 2.28. The maximum atomic E-state index is 12.5. The molecule has 1 N–H and O–H groups in total. The van der Waals surface area contributed by atoms with Gasteiger partial charge in [-0.3, -0.25) is 14.7 Å². The number of benzene rings is 1. The molecule has 1 aliphatic rings. The van der Waals surface area contributed by atoms with Crippen molar-refractivity contribution in [3.63, 3.8) is 0 Å². The molecule has 25 heavy (non-hydrogen) atoms. The van der Waals surface area contributed by atoms with Gasteiger partial charge in [-0.15, -0.1) is 10.2 Å². The highest BCUT2D eigenvalue weighted by Gasteiger charge is 2.23. The maximum Gasteiger partial charge on any atom is 0.231 e. The van der Waals surface area contributed by atoms with Crippen molar-refractivity contribution in [1.82, 2.24) is 14.8 Å². The Bertz CT molecular complexity index is 728. The molecule has 0 saturated heterocycles. The fourth-order valence-corrected chi connectivity index (χ4v) is 4.40. The highest BCUT2D eigenvalue weighted by molar-refractivity contribution is 7.98. The summed E-state index contributed by atoms with van der Waals surface area (Å²) < 4.78 is 1.95. The molecule has 3 rings (SSSR count). The average Bonchev–Trinajstić information content (AvgIpc) is 3.03. The molecule has 0 aliphatic heterocycles. The number of halogens is 1. The summed E-state index contributed by atoms with van der Waals surface area (Å²) in [6.07, 6.45) is 5.45. The zero-order valence-electron chi connectivity index (χ0n) is 14.4. The summed E-state index contributed by atoms with van der Waals surface area (Å²) in [4.78, 5) is 12.5. The van der Waals surface area contributed by atoms with Crippen LogP contribution in [0.3, 0.4) is 0 Å². The molecule has 0 radical (unpaired) electrons. The summed E-state index contributed by atoms with van der Waals surface area (Å²) in [7, 11) is 0. The number of amides is 1. The van der Waals surface area contributed by atoms with Crippen LogP contribution in [0.2, 0.25) is 5.02 Å². The molecular formula is C18H23ClN4OS. The molecule has 2 aromatic rings. The Balaban J connectivity index is 1.66. The minimum atomic E-state index is 0.0736. The molecule has 7 heteroatoms. The first-order valence-electron chi connectivity index (χ1n) is 8.79. The minimum Gasteiger partial charge on any atom is -0.294 e. The van der Waals surface area contributed by atoms with Gasteiger partial charge in [-0.2, -0.15) is 0 Å². The van der Waals surface area contributed by atoms with Gasteiger partial charge in [-0.05, 0) is 31.4 Å². The quantitative estimate of drug-likeness (QED) is 0.736. The highest BCUT2D eigenvalue weighted by atomic mass is 35.5.